The number of pyridine rings is 1. The van der Waals surface area contributed by atoms with Crippen LogP contribution in [0.2, 0.25) is 0 Å². The third kappa shape index (κ3) is 1.72. The van der Waals surface area contributed by atoms with Crippen molar-refractivity contribution >= 4 is 11.6 Å². The Morgan fingerprint density at radius 2 is 2.11 bits per heavy atom. The van der Waals surface area contributed by atoms with Crippen molar-refractivity contribution in [3.8, 4) is 11.5 Å². The molecule has 90 valence electrons. The first kappa shape index (κ1) is 10.8. The maximum Gasteiger partial charge on any atom is 0.224 e. The SMILES string of the molecule is CC(=O)N1Cc2ccccc2Oc2cnccc21. The second-order valence-corrected chi connectivity index (χ2v) is 4.16. The number of ether oxygens (including phenoxy) is 1. The third-order valence-electron chi connectivity index (χ3n) is 2.95. The number of rotatable bonds is 0. The normalized spacial score (nSPS) is 13.1. The van der Waals surface area contributed by atoms with E-state index < -0.39 is 0 Å². The smallest absolute Gasteiger partial charge is 0.224 e. The zero-order valence-corrected chi connectivity index (χ0v) is 9.96. The van der Waals surface area contributed by atoms with Gasteiger partial charge in [-0.25, -0.2) is 0 Å². The molecule has 1 amide bonds. The summed E-state index contributed by atoms with van der Waals surface area (Å²) in [5.41, 5.74) is 1.75. The Hall–Kier alpha value is -2.36. The molecule has 0 spiro atoms. The summed E-state index contributed by atoms with van der Waals surface area (Å²) >= 11 is 0. The minimum absolute atomic E-state index is 0.0113. The zero-order chi connectivity index (χ0) is 12.5. The van der Waals surface area contributed by atoms with Crippen LogP contribution in [0.25, 0.3) is 0 Å². The Morgan fingerprint density at radius 3 is 2.94 bits per heavy atom. The molecule has 1 aliphatic heterocycles. The maximum absolute atomic E-state index is 11.8. The fourth-order valence-corrected chi connectivity index (χ4v) is 2.06. The van der Waals surface area contributed by atoms with Crippen molar-refractivity contribution in [2.24, 2.45) is 0 Å². The van der Waals surface area contributed by atoms with Crippen molar-refractivity contribution in [3.05, 3.63) is 48.3 Å². The molecular formula is C14H12N2O2. The second-order valence-electron chi connectivity index (χ2n) is 4.16. The molecule has 4 heteroatoms. The highest BCUT2D eigenvalue weighted by Gasteiger charge is 2.22. The lowest BCUT2D eigenvalue weighted by molar-refractivity contribution is -0.116. The molecule has 18 heavy (non-hydrogen) atoms. The molecule has 0 bridgehead atoms. The predicted molar refractivity (Wildman–Crippen MR) is 67.6 cm³/mol. The number of benzene rings is 1. The van der Waals surface area contributed by atoms with E-state index in [0.29, 0.717) is 12.3 Å². The van der Waals surface area contributed by atoms with E-state index in [2.05, 4.69) is 4.98 Å². The van der Waals surface area contributed by atoms with Crippen LogP contribution in [0.3, 0.4) is 0 Å². The third-order valence-corrected chi connectivity index (χ3v) is 2.95. The van der Waals surface area contributed by atoms with E-state index >= 15 is 0 Å². The first-order chi connectivity index (χ1) is 8.75. The molecule has 0 saturated carbocycles. The lowest BCUT2D eigenvalue weighted by Crippen LogP contribution is -2.27. The van der Waals surface area contributed by atoms with Crippen LogP contribution in [-0.4, -0.2) is 10.9 Å². The van der Waals surface area contributed by atoms with Crippen molar-refractivity contribution in [2.45, 2.75) is 13.5 Å². The number of aromatic nitrogens is 1. The second kappa shape index (κ2) is 4.14. The fraction of sp³-hybridized carbons (Fsp3) is 0.143. The molecule has 0 N–H and O–H groups in total. The number of fused-ring (bicyclic) bond motifs is 2. The van der Waals surface area contributed by atoms with Gasteiger partial charge in [-0.2, -0.15) is 0 Å². The number of amides is 1. The van der Waals surface area contributed by atoms with Crippen LogP contribution in [0.15, 0.2) is 42.7 Å². The Bertz CT molecular complexity index is 610. The van der Waals surface area contributed by atoms with E-state index in [1.807, 2.05) is 24.3 Å². The molecule has 1 aromatic carbocycles. The van der Waals surface area contributed by atoms with Gasteiger partial charge < -0.3 is 9.64 Å². The van der Waals surface area contributed by atoms with Gasteiger partial charge in [-0.05, 0) is 12.1 Å². The monoisotopic (exact) mass is 240 g/mol. The lowest BCUT2D eigenvalue weighted by atomic mass is 10.2. The Morgan fingerprint density at radius 1 is 1.28 bits per heavy atom. The number of anilines is 1. The van der Waals surface area contributed by atoms with Crippen molar-refractivity contribution in [1.82, 2.24) is 4.98 Å². The van der Waals surface area contributed by atoms with Crippen molar-refractivity contribution < 1.29 is 9.53 Å². The van der Waals surface area contributed by atoms with Gasteiger partial charge in [0.2, 0.25) is 5.91 Å². The summed E-state index contributed by atoms with van der Waals surface area (Å²) in [7, 11) is 0. The molecule has 0 radical (unpaired) electrons. The zero-order valence-electron chi connectivity index (χ0n) is 9.96. The van der Waals surface area contributed by atoms with Gasteiger partial charge in [0, 0.05) is 18.7 Å². The van der Waals surface area contributed by atoms with Crippen LogP contribution in [-0.2, 0) is 11.3 Å². The largest absolute Gasteiger partial charge is 0.453 e. The highest BCUT2D eigenvalue weighted by atomic mass is 16.5. The first-order valence-corrected chi connectivity index (χ1v) is 5.73. The van der Waals surface area contributed by atoms with Crippen molar-refractivity contribution in [2.75, 3.05) is 4.90 Å². The molecule has 1 aromatic heterocycles. The first-order valence-electron chi connectivity index (χ1n) is 5.73. The standard InChI is InChI=1S/C14H12N2O2/c1-10(17)16-9-11-4-2-3-5-13(11)18-14-8-15-7-6-12(14)16/h2-8H,9H2,1H3. The van der Waals surface area contributed by atoms with Crippen molar-refractivity contribution in [1.29, 1.82) is 0 Å². The van der Waals surface area contributed by atoms with E-state index in [4.69, 9.17) is 4.74 Å². The Labute approximate surface area is 105 Å². The van der Waals surface area contributed by atoms with Gasteiger partial charge in [0.1, 0.15) is 5.75 Å². The van der Waals surface area contributed by atoms with E-state index in [9.17, 15) is 4.79 Å². The molecular weight excluding hydrogens is 228 g/mol. The van der Waals surface area contributed by atoms with E-state index in [1.54, 1.807) is 30.3 Å². The number of hydrogen-bond acceptors (Lipinski definition) is 3. The number of para-hydroxylation sites is 1. The quantitative estimate of drug-likeness (QED) is 0.711. The topological polar surface area (TPSA) is 42.4 Å². The van der Waals surface area contributed by atoms with E-state index in [0.717, 1.165) is 17.0 Å². The van der Waals surface area contributed by atoms with Gasteiger partial charge in [-0.3, -0.25) is 9.78 Å². The van der Waals surface area contributed by atoms with Crippen LogP contribution in [0.5, 0.6) is 11.5 Å². The van der Waals surface area contributed by atoms with Gasteiger partial charge in [-0.15, -0.1) is 0 Å². The van der Waals surface area contributed by atoms with Gasteiger partial charge in [-0.1, -0.05) is 18.2 Å². The van der Waals surface area contributed by atoms with Gasteiger partial charge in [0.15, 0.2) is 5.75 Å². The molecule has 2 aromatic rings. The van der Waals surface area contributed by atoms with Crippen LogP contribution < -0.4 is 9.64 Å². The fourth-order valence-electron chi connectivity index (χ4n) is 2.06. The minimum atomic E-state index is -0.0113. The number of hydrogen-bond donors (Lipinski definition) is 0. The van der Waals surface area contributed by atoms with Crippen LogP contribution in [0.1, 0.15) is 12.5 Å². The Kier molecular flexibility index (Phi) is 2.48. The highest BCUT2D eigenvalue weighted by Crippen LogP contribution is 2.37. The molecule has 4 nitrogen and oxygen atoms in total. The van der Waals surface area contributed by atoms with Gasteiger partial charge in [0.05, 0.1) is 18.4 Å². The average Bonchev–Trinajstić information content (AvgIpc) is 2.55. The summed E-state index contributed by atoms with van der Waals surface area (Å²) in [6.45, 7) is 2.07. The number of carbonyl (C=O) groups excluding carboxylic acids is 1. The van der Waals surface area contributed by atoms with Gasteiger partial charge in [0.25, 0.3) is 0 Å². The average molecular weight is 240 g/mol. The maximum atomic E-state index is 11.8. The van der Waals surface area contributed by atoms with E-state index in [-0.39, 0.29) is 5.91 Å². The molecule has 0 saturated heterocycles. The molecule has 0 aliphatic carbocycles. The molecule has 0 atom stereocenters. The van der Waals surface area contributed by atoms with Crippen LogP contribution in [0, 0.1) is 0 Å². The van der Waals surface area contributed by atoms with Crippen LogP contribution in [0.4, 0.5) is 5.69 Å². The summed E-state index contributed by atoms with van der Waals surface area (Å²) in [6.07, 6.45) is 3.29. The number of carbonyl (C=O) groups is 1. The van der Waals surface area contributed by atoms with Crippen LogP contribution >= 0.6 is 0 Å². The molecule has 2 heterocycles. The Balaban J connectivity index is 2.17. The lowest BCUT2D eigenvalue weighted by Gasteiger charge is -2.19. The summed E-state index contributed by atoms with van der Waals surface area (Å²) in [4.78, 5) is 17.5. The summed E-state index contributed by atoms with van der Waals surface area (Å²) in [6, 6.07) is 9.51. The summed E-state index contributed by atoms with van der Waals surface area (Å²) in [5.74, 6) is 1.37. The van der Waals surface area contributed by atoms with Gasteiger partial charge >= 0.3 is 0 Å². The summed E-state index contributed by atoms with van der Waals surface area (Å²) in [5, 5.41) is 0. The minimum Gasteiger partial charge on any atom is -0.453 e. The molecule has 0 unspecified atom stereocenters. The molecule has 0 fully saturated rings. The molecule has 1 aliphatic rings. The molecule has 3 rings (SSSR count). The highest BCUT2D eigenvalue weighted by molar-refractivity contribution is 5.93. The predicted octanol–water partition coefficient (Wildman–Crippen LogP) is 2.74. The number of nitrogens with zero attached hydrogens (tertiary/aromatic N) is 2. The van der Waals surface area contributed by atoms with E-state index in [1.165, 1.54) is 0 Å². The van der Waals surface area contributed by atoms with Crippen molar-refractivity contribution in [3.63, 3.8) is 0 Å². The summed E-state index contributed by atoms with van der Waals surface area (Å²) < 4.78 is 5.83.